The third-order valence-electron chi connectivity index (χ3n) is 4.03. The summed E-state index contributed by atoms with van der Waals surface area (Å²) in [4.78, 5) is 35.4. The lowest BCUT2D eigenvalue weighted by Gasteiger charge is -2.22. The molecule has 0 spiro atoms. The molecule has 0 unspecified atom stereocenters. The zero-order chi connectivity index (χ0) is 19.1. The van der Waals surface area contributed by atoms with Crippen LogP contribution in [0.3, 0.4) is 0 Å². The first-order valence-electron chi connectivity index (χ1n) is 8.41. The van der Waals surface area contributed by atoms with Crippen molar-refractivity contribution in [3.05, 3.63) is 58.1 Å². The SMILES string of the molecule is CCOC(=O)C(C(=O)OCC)[C@H](C[N+](=O)[O-])c1ccc2ccccc2c1. The van der Waals surface area contributed by atoms with E-state index in [1.807, 2.05) is 30.3 Å². The number of esters is 2. The van der Waals surface area contributed by atoms with Crippen molar-refractivity contribution in [3.63, 3.8) is 0 Å². The molecule has 7 nitrogen and oxygen atoms in total. The summed E-state index contributed by atoms with van der Waals surface area (Å²) in [6.45, 7) is 2.77. The Balaban J connectivity index is 2.51. The molecule has 138 valence electrons. The fourth-order valence-corrected chi connectivity index (χ4v) is 2.89. The minimum atomic E-state index is -1.39. The summed E-state index contributed by atoms with van der Waals surface area (Å²) in [6.07, 6.45) is 0. The average Bonchev–Trinajstić information content (AvgIpc) is 2.61. The second kappa shape index (κ2) is 8.94. The van der Waals surface area contributed by atoms with Crippen LogP contribution in [0, 0.1) is 16.0 Å². The normalized spacial score (nSPS) is 12.0. The third kappa shape index (κ3) is 4.56. The van der Waals surface area contributed by atoms with Crippen LogP contribution in [-0.2, 0) is 19.1 Å². The fraction of sp³-hybridized carbons (Fsp3) is 0.368. The Morgan fingerprint density at radius 2 is 1.58 bits per heavy atom. The highest BCUT2D eigenvalue weighted by molar-refractivity contribution is 5.96. The molecule has 0 aliphatic rings. The maximum atomic E-state index is 12.4. The minimum absolute atomic E-state index is 0.0671. The second-order valence-corrected chi connectivity index (χ2v) is 5.71. The molecular weight excluding hydrogens is 338 g/mol. The highest BCUT2D eigenvalue weighted by atomic mass is 16.6. The van der Waals surface area contributed by atoms with E-state index in [0.717, 1.165) is 10.8 Å². The molecule has 26 heavy (non-hydrogen) atoms. The van der Waals surface area contributed by atoms with Gasteiger partial charge in [-0.05, 0) is 30.2 Å². The van der Waals surface area contributed by atoms with Crippen LogP contribution in [0.15, 0.2) is 42.5 Å². The number of rotatable bonds is 8. The largest absolute Gasteiger partial charge is 0.465 e. The molecule has 2 aromatic rings. The summed E-state index contributed by atoms with van der Waals surface area (Å²) in [5.74, 6) is -3.99. The number of nitrogens with zero attached hydrogens (tertiary/aromatic N) is 1. The number of carbonyl (C=O) groups is 2. The molecule has 7 heteroatoms. The van der Waals surface area contributed by atoms with E-state index in [2.05, 4.69) is 0 Å². The lowest BCUT2D eigenvalue weighted by atomic mass is 9.85. The number of ether oxygens (including phenoxy) is 2. The maximum Gasteiger partial charge on any atom is 0.321 e. The smallest absolute Gasteiger partial charge is 0.321 e. The molecule has 0 N–H and O–H groups in total. The van der Waals surface area contributed by atoms with Crippen LogP contribution in [0.5, 0.6) is 0 Å². The van der Waals surface area contributed by atoms with Crippen LogP contribution in [0.1, 0.15) is 25.3 Å². The van der Waals surface area contributed by atoms with Crippen LogP contribution in [0.25, 0.3) is 10.8 Å². The molecule has 0 saturated carbocycles. The van der Waals surface area contributed by atoms with E-state index >= 15 is 0 Å². The summed E-state index contributed by atoms with van der Waals surface area (Å²) >= 11 is 0. The van der Waals surface area contributed by atoms with Gasteiger partial charge in [0.25, 0.3) is 0 Å². The molecule has 0 heterocycles. The van der Waals surface area contributed by atoms with Crippen molar-refractivity contribution in [2.45, 2.75) is 19.8 Å². The standard InChI is InChI=1S/C19H21NO6/c1-3-25-18(21)17(19(22)26-4-2)16(12-20(23)24)15-10-9-13-7-5-6-8-14(13)11-15/h5-11,16-17H,3-4,12H2,1-2H3/t16-/m1/s1. The predicted molar refractivity (Wildman–Crippen MR) is 95.3 cm³/mol. The first-order valence-corrected chi connectivity index (χ1v) is 8.41. The monoisotopic (exact) mass is 359 g/mol. The van der Waals surface area contributed by atoms with Crippen molar-refractivity contribution < 1.29 is 24.0 Å². The van der Waals surface area contributed by atoms with Crippen LogP contribution < -0.4 is 0 Å². The molecule has 0 radical (unpaired) electrons. The summed E-state index contributed by atoms with van der Waals surface area (Å²) in [5, 5.41) is 13.0. The molecule has 0 amide bonds. The quantitative estimate of drug-likeness (QED) is 0.311. The third-order valence-corrected chi connectivity index (χ3v) is 4.03. The van der Waals surface area contributed by atoms with Crippen LogP contribution in [0.2, 0.25) is 0 Å². The van der Waals surface area contributed by atoms with E-state index in [4.69, 9.17) is 9.47 Å². The molecule has 1 atom stereocenters. The van der Waals surface area contributed by atoms with Crippen molar-refractivity contribution in [3.8, 4) is 0 Å². The van der Waals surface area contributed by atoms with E-state index in [1.54, 1.807) is 26.0 Å². The zero-order valence-corrected chi connectivity index (χ0v) is 14.7. The number of nitro groups is 1. The van der Waals surface area contributed by atoms with Gasteiger partial charge in [-0.25, -0.2) is 0 Å². The zero-order valence-electron chi connectivity index (χ0n) is 14.7. The summed E-state index contributed by atoms with van der Waals surface area (Å²) in [7, 11) is 0. The molecule has 2 aromatic carbocycles. The van der Waals surface area contributed by atoms with Gasteiger partial charge in [-0.3, -0.25) is 19.7 Å². The van der Waals surface area contributed by atoms with Gasteiger partial charge in [0, 0.05) is 4.92 Å². The molecular formula is C19H21NO6. The minimum Gasteiger partial charge on any atom is -0.465 e. The van der Waals surface area contributed by atoms with E-state index in [9.17, 15) is 19.7 Å². The van der Waals surface area contributed by atoms with Crippen LogP contribution in [-0.4, -0.2) is 36.6 Å². The molecule has 0 aromatic heterocycles. The topological polar surface area (TPSA) is 95.7 Å². The molecule has 0 saturated heterocycles. The van der Waals surface area contributed by atoms with Gasteiger partial charge in [-0.1, -0.05) is 42.5 Å². The molecule has 0 fully saturated rings. The molecule has 0 bridgehead atoms. The Bertz CT molecular complexity index is 785. The van der Waals surface area contributed by atoms with Gasteiger partial charge in [0.2, 0.25) is 6.54 Å². The number of carbonyl (C=O) groups excluding carboxylic acids is 2. The Hall–Kier alpha value is -2.96. The van der Waals surface area contributed by atoms with Crippen molar-refractivity contribution in [1.82, 2.24) is 0 Å². The van der Waals surface area contributed by atoms with Crippen molar-refractivity contribution in [1.29, 1.82) is 0 Å². The summed E-state index contributed by atoms with van der Waals surface area (Å²) in [6, 6.07) is 12.8. The van der Waals surface area contributed by atoms with Crippen LogP contribution in [0.4, 0.5) is 0 Å². The van der Waals surface area contributed by atoms with Crippen molar-refractivity contribution >= 4 is 22.7 Å². The highest BCUT2D eigenvalue weighted by Crippen LogP contribution is 2.30. The lowest BCUT2D eigenvalue weighted by molar-refractivity contribution is -0.484. The van der Waals surface area contributed by atoms with Crippen molar-refractivity contribution in [2.75, 3.05) is 19.8 Å². The van der Waals surface area contributed by atoms with E-state index < -0.39 is 35.2 Å². The summed E-state index contributed by atoms with van der Waals surface area (Å²) in [5.41, 5.74) is 0.520. The fourth-order valence-electron chi connectivity index (χ4n) is 2.89. The first-order chi connectivity index (χ1) is 12.5. The van der Waals surface area contributed by atoms with Gasteiger partial charge in [0.15, 0.2) is 5.92 Å². The second-order valence-electron chi connectivity index (χ2n) is 5.71. The van der Waals surface area contributed by atoms with Crippen molar-refractivity contribution in [2.24, 2.45) is 5.92 Å². The van der Waals surface area contributed by atoms with Gasteiger partial charge in [-0.15, -0.1) is 0 Å². The van der Waals surface area contributed by atoms with E-state index in [1.165, 1.54) is 0 Å². The first kappa shape index (κ1) is 19.4. The average molecular weight is 359 g/mol. The van der Waals surface area contributed by atoms with Crippen LogP contribution >= 0.6 is 0 Å². The molecule has 0 aliphatic heterocycles. The predicted octanol–water partition coefficient (Wildman–Crippen LogP) is 2.94. The van der Waals surface area contributed by atoms with Gasteiger partial charge in [0.1, 0.15) is 0 Å². The Morgan fingerprint density at radius 1 is 1.00 bits per heavy atom. The maximum absolute atomic E-state index is 12.4. The number of fused-ring (bicyclic) bond motifs is 1. The van der Waals surface area contributed by atoms with Gasteiger partial charge >= 0.3 is 11.9 Å². The lowest BCUT2D eigenvalue weighted by Crippen LogP contribution is -2.36. The van der Waals surface area contributed by atoms with Gasteiger partial charge in [-0.2, -0.15) is 0 Å². The number of hydrogen-bond donors (Lipinski definition) is 0. The molecule has 2 rings (SSSR count). The van der Waals surface area contributed by atoms with E-state index in [-0.39, 0.29) is 13.2 Å². The van der Waals surface area contributed by atoms with E-state index in [0.29, 0.717) is 5.56 Å². The Labute approximate surface area is 151 Å². The number of benzene rings is 2. The molecule has 0 aliphatic carbocycles. The highest BCUT2D eigenvalue weighted by Gasteiger charge is 2.41. The van der Waals surface area contributed by atoms with Gasteiger partial charge in [0.05, 0.1) is 19.1 Å². The van der Waals surface area contributed by atoms with Gasteiger partial charge < -0.3 is 9.47 Å². The Morgan fingerprint density at radius 3 is 2.12 bits per heavy atom. The number of hydrogen-bond acceptors (Lipinski definition) is 6. The Kier molecular flexibility index (Phi) is 6.66. The summed E-state index contributed by atoms with van der Waals surface area (Å²) < 4.78 is 9.96.